The average molecular weight is 461 g/mol. The standard InChI is InChI=1S/C27H56O5/c1-4-5-6-7-8-9-10-11-12-13-14-15-16-17-18-19-20-21-22-23-24-32-27(31-3)25(28)26(29)30-2/h25-29H,4-24H2,1-3H3. The van der Waals surface area contributed by atoms with Crippen LogP contribution in [0.15, 0.2) is 0 Å². The third-order valence-corrected chi connectivity index (χ3v) is 6.32. The van der Waals surface area contributed by atoms with E-state index in [9.17, 15) is 10.2 Å². The van der Waals surface area contributed by atoms with Gasteiger partial charge in [0.1, 0.15) is 0 Å². The van der Waals surface area contributed by atoms with Crippen LogP contribution in [-0.4, -0.2) is 49.7 Å². The molecule has 0 saturated heterocycles. The minimum absolute atomic E-state index is 0.519. The molecule has 0 aromatic rings. The maximum Gasteiger partial charge on any atom is 0.188 e. The Kier molecular flexibility index (Phi) is 25.3. The first-order valence-corrected chi connectivity index (χ1v) is 13.7. The summed E-state index contributed by atoms with van der Waals surface area (Å²) in [6.45, 7) is 2.80. The fraction of sp³-hybridized carbons (Fsp3) is 1.00. The van der Waals surface area contributed by atoms with Crippen LogP contribution in [0.1, 0.15) is 135 Å². The average Bonchev–Trinajstić information content (AvgIpc) is 2.81. The number of aliphatic hydroxyl groups is 2. The van der Waals surface area contributed by atoms with Crippen molar-refractivity contribution < 1.29 is 24.4 Å². The van der Waals surface area contributed by atoms with Crippen LogP contribution in [0.25, 0.3) is 0 Å². The van der Waals surface area contributed by atoms with Gasteiger partial charge in [0.05, 0.1) is 0 Å². The minimum Gasteiger partial charge on any atom is -0.382 e. The lowest BCUT2D eigenvalue weighted by Gasteiger charge is -2.24. The van der Waals surface area contributed by atoms with E-state index in [1.165, 1.54) is 130 Å². The smallest absolute Gasteiger partial charge is 0.188 e. The largest absolute Gasteiger partial charge is 0.382 e. The van der Waals surface area contributed by atoms with Crippen LogP contribution in [0.3, 0.4) is 0 Å². The minimum atomic E-state index is -1.30. The highest BCUT2D eigenvalue weighted by Gasteiger charge is 2.26. The molecule has 32 heavy (non-hydrogen) atoms. The Morgan fingerprint density at radius 3 is 1.16 bits per heavy atom. The van der Waals surface area contributed by atoms with Crippen molar-refractivity contribution in [1.29, 1.82) is 0 Å². The summed E-state index contributed by atoms with van der Waals surface area (Å²) in [6.07, 6.45) is 23.9. The Balaban J connectivity index is 3.23. The molecule has 2 N–H and O–H groups in total. The quantitative estimate of drug-likeness (QED) is 0.106. The van der Waals surface area contributed by atoms with Gasteiger partial charge in [-0.05, 0) is 6.42 Å². The van der Waals surface area contributed by atoms with Crippen molar-refractivity contribution in [2.24, 2.45) is 0 Å². The number of hydrogen-bond donors (Lipinski definition) is 2. The summed E-state index contributed by atoms with van der Waals surface area (Å²) in [6, 6.07) is 0. The van der Waals surface area contributed by atoms with Gasteiger partial charge in [0, 0.05) is 20.8 Å². The Morgan fingerprint density at radius 2 is 0.844 bits per heavy atom. The molecule has 0 aromatic heterocycles. The summed E-state index contributed by atoms with van der Waals surface area (Å²) in [5, 5.41) is 19.3. The van der Waals surface area contributed by atoms with Crippen molar-refractivity contribution in [2.45, 2.75) is 154 Å². The molecule has 0 aliphatic rings. The SMILES string of the molecule is CCCCCCCCCCCCCCCCCCCCCCOC(OC)C(O)C(O)OC. The topological polar surface area (TPSA) is 68.2 Å². The Bertz CT molecular complexity index is 353. The van der Waals surface area contributed by atoms with E-state index in [1.54, 1.807) is 0 Å². The van der Waals surface area contributed by atoms with Gasteiger partial charge in [-0.25, -0.2) is 0 Å². The van der Waals surface area contributed by atoms with Crippen LogP contribution in [0.2, 0.25) is 0 Å². The van der Waals surface area contributed by atoms with Gasteiger partial charge in [-0.1, -0.05) is 129 Å². The zero-order valence-corrected chi connectivity index (χ0v) is 21.7. The lowest BCUT2D eigenvalue weighted by molar-refractivity contribution is -0.247. The third-order valence-electron chi connectivity index (χ3n) is 6.32. The van der Waals surface area contributed by atoms with Gasteiger partial charge in [-0.3, -0.25) is 0 Å². The normalized spacial score (nSPS) is 14.5. The van der Waals surface area contributed by atoms with E-state index in [0.29, 0.717) is 6.61 Å². The molecular weight excluding hydrogens is 404 g/mol. The first-order chi connectivity index (χ1) is 15.7. The van der Waals surface area contributed by atoms with E-state index in [1.807, 2.05) is 0 Å². The highest BCUT2D eigenvalue weighted by atomic mass is 16.7. The second kappa shape index (κ2) is 25.4. The predicted octanol–water partition coefficient (Wildman–Crippen LogP) is 7.12. The molecule has 5 nitrogen and oxygen atoms in total. The van der Waals surface area contributed by atoms with Gasteiger partial charge in [-0.15, -0.1) is 0 Å². The molecule has 0 spiro atoms. The summed E-state index contributed by atoms with van der Waals surface area (Å²) in [5.74, 6) is 0. The summed E-state index contributed by atoms with van der Waals surface area (Å²) in [5.41, 5.74) is 0. The van der Waals surface area contributed by atoms with E-state index >= 15 is 0 Å². The van der Waals surface area contributed by atoms with Crippen molar-refractivity contribution in [3.63, 3.8) is 0 Å². The summed E-state index contributed by atoms with van der Waals surface area (Å²) in [7, 11) is 2.78. The van der Waals surface area contributed by atoms with E-state index in [4.69, 9.17) is 9.47 Å². The molecule has 3 atom stereocenters. The molecule has 0 fully saturated rings. The summed E-state index contributed by atoms with van der Waals surface area (Å²) >= 11 is 0. The fourth-order valence-electron chi connectivity index (χ4n) is 4.14. The molecule has 0 bridgehead atoms. The zero-order valence-electron chi connectivity index (χ0n) is 21.7. The van der Waals surface area contributed by atoms with Crippen LogP contribution in [-0.2, 0) is 14.2 Å². The maximum atomic E-state index is 9.82. The number of ether oxygens (including phenoxy) is 3. The predicted molar refractivity (Wildman–Crippen MR) is 134 cm³/mol. The first kappa shape index (κ1) is 31.8. The highest BCUT2D eigenvalue weighted by Crippen LogP contribution is 2.15. The second-order valence-electron chi connectivity index (χ2n) is 9.31. The number of hydrogen-bond acceptors (Lipinski definition) is 5. The summed E-state index contributed by atoms with van der Waals surface area (Å²) in [4.78, 5) is 0. The first-order valence-electron chi connectivity index (χ1n) is 13.7. The Labute approximate surface area is 199 Å². The van der Waals surface area contributed by atoms with E-state index in [-0.39, 0.29) is 0 Å². The molecule has 0 aromatic carbocycles. The summed E-state index contributed by atoms with van der Waals surface area (Å²) < 4.78 is 15.3. The van der Waals surface area contributed by atoms with E-state index in [2.05, 4.69) is 11.7 Å². The second-order valence-corrected chi connectivity index (χ2v) is 9.31. The number of unbranched alkanes of at least 4 members (excludes halogenated alkanes) is 19. The molecule has 3 unspecified atom stereocenters. The lowest BCUT2D eigenvalue weighted by Crippen LogP contribution is -2.41. The molecule has 0 amide bonds. The molecule has 0 aliphatic heterocycles. The number of rotatable bonds is 26. The van der Waals surface area contributed by atoms with Crippen LogP contribution >= 0.6 is 0 Å². The Hall–Kier alpha value is -0.200. The van der Waals surface area contributed by atoms with Crippen LogP contribution in [0.5, 0.6) is 0 Å². The van der Waals surface area contributed by atoms with Gasteiger partial charge in [0.2, 0.25) is 0 Å². The number of aliphatic hydroxyl groups excluding tert-OH is 2. The molecular formula is C27H56O5. The Morgan fingerprint density at radius 1 is 0.500 bits per heavy atom. The van der Waals surface area contributed by atoms with Crippen molar-refractivity contribution in [2.75, 3.05) is 20.8 Å². The van der Waals surface area contributed by atoms with Crippen LogP contribution in [0.4, 0.5) is 0 Å². The van der Waals surface area contributed by atoms with Gasteiger partial charge < -0.3 is 24.4 Å². The number of methoxy groups -OCH3 is 2. The van der Waals surface area contributed by atoms with Crippen LogP contribution in [0, 0.1) is 0 Å². The van der Waals surface area contributed by atoms with Gasteiger partial charge in [0.15, 0.2) is 18.7 Å². The van der Waals surface area contributed by atoms with Gasteiger partial charge in [-0.2, -0.15) is 0 Å². The van der Waals surface area contributed by atoms with E-state index < -0.39 is 18.7 Å². The molecule has 0 radical (unpaired) electrons. The van der Waals surface area contributed by atoms with Crippen molar-refractivity contribution >= 4 is 0 Å². The molecule has 0 rings (SSSR count). The zero-order chi connectivity index (χ0) is 23.7. The molecule has 0 heterocycles. The third kappa shape index (κ3) is 20.4. The molecule has 5 heteroatoms. The van der Waals surface area contributed by atoms with Crippen molar-refractivity contribution in [1.82, 2.24) is 0 Å². The van der Waals surface area contributed by atoms with Gasteiger partial charge >= 0.3 is 0 Å². The maximum absolute atomic E-state index is 9.82. The monoisotopic (exact) mass is 460 g/mol. The molecule has 0 saturated carbocycles. The van der Waals surface area contributed by atoms with E-state index in [0.717, 1.165) is 12.8 Å². The lowest BCUT2D eigenvalue weighted by atomic mass is 10.0. The van der Waals surface area contributed by atoms with Crippen LogP contribution < -0.4 is 0 Å². The van der Waals surface area contributed by atoms with Crippen molar-refractivity contribution in [3.05, 3.63) is 0 Å². The molecule has 0 aliphatic carbocycles. The van der Waals surface area contributed by atoms with Crippen molar-refractivity contribution in [3.8, 4) is 0 Å². The fourth-order valence-corrected chi connectivity index (χ4v) is 4.14. The highest BCUT2D eigenvalue weighted by molar-refractivity contribution is 4.63. The molecule has 194 valence electrons. The van der Waals surface area contributed by atoms with Gasteiger partial charge in [0.25, 0.3) is 0 Å².